The van der Waals surface area contributed by atoms with Crippen molar-refractivity contribution in [2.24, 2.45) is 49.9 Å². The fourth-order valence-electron chi connectivity index (χ4n) is 13.2. The Hall–Kier alpha value is -8.71. The molecule has 3 amide bonds. The number of aliphatic imine (C=N–C) groups is 3. The van der Waals surface area contributed by atoms with Crippen LogP contribution >= 0.6 is 11.6 Å². The van der Waals surface area contributed by atoms with Crippen molar-refractivity contribution < 1.29 is 56.0 Å². The van der Waals surface area contributed by atoms with Crippen molar-refractivity contribution in [3.63, 3.8) is 0 Å². The summed E-state index contributed by atoms with van der Waals surface area (Å²) in [6.45, 7) is 2.61. The molecule has 3 aromatic heterocycles. The molecule has 3 fully saturated rings. The van der Waals surface area contributed by atoms with Crippen molar-refractivity contribution in [2.45, 2.75) is 54.2 Å². The molecule has 12 heterocycles. The van der Waals surface area contributed by atoms with Crippen LogP contribution < -0.4 is 31.4 Å². The normalized spacial score (nSPS) is 28.4. The van der Waals surface area contributed by atoms with Gasteiger partial charge in [-0.25, -0.2) is 29.3 Å². The van der Waals surface area contributed by atoms with E-state index in [2.05, 4.69) is 29.9 Å². The van der Waals surface area contributed by atoms with Gasteiger partial charge in [0, 0.05) is 110 Å². The predicted octanol–water partition coefficient (Wildman–Crippen LogP) is 5.66. The minimum Gasteiger partial charge on any atom is -0.489 e. The number of carbonyl (C=O) groups is 3. The lowest BCUT2D eigenvalue weighted by atomic mass is 9.71. The van der Waals surface area contributed by atoms with Gasteiger partial charge in [0.15, 0.2) is 34.5 Å². The lowest BCUT2D eigenvalue weighted by molar-refractivity contribution is -0.141. The lowest BCUT2D eigenvalue weighted by Gasteiger charge is -2.45. The summed E-state index contributed by atoms with van der Waals surface area (Å²) in [6, 6.07) is 21.7. The first-order chi connectivity index (χ1) is 41.0. The van der Waals surface area contributed by atoms with Gasteiger partial charge in [0.1, 0.15) is 41.4 Å². The molecule has 9 atom stereocenters. The van der Waals surface area contributed by atoms with Crippen LogP contribution in [0.15, 0.2) is 119 Å². The van der Waals surface area contributed by atoms with Crippen molar-refractivity contribution in [1.29, 1.82) is 0 Å². The number of pyridine rings is 3. The third kappa shape index (κ3) is 8.73. The van der Waals surface area contributed by atoms with Crippen molar-refractivity contribution in [1.82, 2.24) is 29.7 Å². The molecule has 15 rings (SSSR count). The molecule has 9 aliphatic rings. The first-order valence-corrected chi connectivity index (χ1v) is 27.9. The van der Waals surface area contributed by atoms with E-state index in [0.29, 0.717) is 126 Å². The number of aromatic nitrogens is 3. The summed E-state index contributed by atoms with van der Waals surface area (Å²) >= 11 is 6.04. The molecule has 0 aliphatic carbocycles. The molecule has 85 heavy (non-hydrogen) atoms. The van der Waals surface area contributed by atoms with Crippen molar-refractivity contribution in [3.05, 3.63) is 143 Å². The van der Waals surface area contributed by atoms with Crippen LogP contribution in [0.1, 0.15) is 36.0 Å². The fraction of sp³-hybridized carbons (Fsp3) is 0.350. The Morgan fingerprint density at radius 1 is 0.518 bits per heavy atom. The maximum absolute atomic E-state index is 15.0. The summed E-state index contributed by atoms with van der Waals surface area (Å²) in [4.78, 5) is 69.5. The Balaban J connectivity index is 0.000000119. The molecule has 6 aromatic rings. The van der Waals surface area contributed by atoms with Gasteiger partial charge in [0.2, 0.25) is 11.9 Å². The van der Waals surface area contributed by atoms with Crippen LogP contribution in [0.3, 0.4) is 0 Å². The molecule has 3 aromatic carbocycles. The molecular formula is C60H56ClF3N12O9. The highest BCUT2D eigenvalue weighted by atomic mass is 35.5. The van der Waals surface area contributed by atoms with E-state index in [1.807, 2.05) is 0 Å². The summed E-state index contributed by atoms with van der Waals surface area (Å²) in [5.74, 6) is -1.51. The first kappa shape index (κ1) is 55.5. The van der Waals surface area contributed by atoms with Crippen molar-refractivity contribution in [2.75, 3.05) is 60.8 Å². The SMILES string of the molecule is CN1C(=O)[C@]2(N=C1N)c1cc(-c3cccnc3F)ccc1OC1CCOC[C@@H]12.CN1C(=O)[C@]2(N=C1N)c1cc(-c3cccnc3F)ccc1OC1CCOC[C@H]12.CN1C(=O)[C@]2(N=C1N)c1cc(-c3cncc(Cl)c3)c(F)cc1OC1CCOC[C@@H]12. The number of halogens is 4. The number of rotatable bonds is 3. The number of benzene rings is 3. The average molecular weight is 1180 g/mol. The molecule has 3 spiro atoms. The Bertz CT molecular complexity index is 3700. The van der Waals surface area contributed by atoms with Gasteiger partial charge in [-0.05, 0) is 71.8 Å². The van der Waals surface area contributed by atoms with Crippen LogP contribution in [0, 0.1) is 35.5 Å². The van der Waals surface area contributed by atoms with Gasteiger partial charge in [-0.3, -0.25) is 34.1 Å². The number of nitrogens with two attached hydrogens (primary N) is 3. The molecule has 3 unspecified atom stereocenters. The number of amides is 3. The molecule has 6 N–H and O–H groups in total. The van der Waals surface area contributed by atoms with E-state index in [-0.39, 0.29) is 77.2 Å². The number of hydrogen-bond donors (Lipinski definition) is 3. The average Bonchev–Trinajstić information content (AvgIpc) is 1.79. The Morgan fingerprint density at radius 2 is 0.929 bits per heavy atom. The van der Waals surface area contributed by atoms with Crippen LogP contribution in [0.5, 0.6) is 17.2 Å². The quantitative estimate of drug-likeness (QED) is 0.181. The summed E-state index contributed by atoms with van der Waals surface area (Å²) in [5.41, 5.74) is 18.6. The number of nitrogens with zero attached hydrogens (tertiary/aromatic N) is 9. The number of ether oxygens (including phenoxy) is 6. The van der Waals surface area contributed by atoms with Crippen LogP contribution in [0.2, 0.25) is 5.02 Å². The molecule has 9 aliphatic heterocycles. The van der Waals surface area contributed by atoms with Crippen LogP contribution in [-0.2, 0) is 45.2 Å². The summed E-state index contributed by atoms with van der Waals surface area (Å²) in [6.07, 6.45) is 6.97. The molecule has 21 nitrogen and oxygen atoms in total. The van der Waals surface area contributed by atoms with Crippen LogP contribution in [-0.4, -0.2) is 144 Å². The van der Waals surface area contributed by atoms with Crippen LogP contribution in [0.4, 0.5) is 13.2 Å². The second-order valence-electron chi connectivity index (χ2n) is 22.0. The van der Waals surface area contributed by atoms with Crippen LogP contribution in [0.25, 0.3) is 33.4 Å². The van der Waals surface area contributed by atoms with E-state index in [1.54, 1.807) is 93.9 Å². The minimum absolute atomic E-state index is 0.113. The van der Waals surface area contributed by atoms with E-state index in [1.165, 1.54) is 45.6 Å². The number of hydrogen-bond acceptors (Lipinski definition) is 18. The highest BCUT2D eigenvalue weighted by molar-refractivity contribution is 6.30. The number of carbonyl (C=O) groups excluding carboxylic acids is 3. The zero-order chi connectivity index (χ0) is 59.3. The topological polar surface area (TPSA) is 270 Å². The third-order valence-electron chi connectivity index (χ3n) is 17.5. The van der Waals surface area contributed by atoms with E-state index in [9.17, 15) is 23.2 Å². The molecular weight excluding hydrogens is 1130 g/mol. The maximum atomic E-state index is 15.0. The van der Waals surface area contributed by atoms with Gasteiger partial charge in [-0.2, -0.15) is 8.78 Å². The molecule has 25 heteroatoms. The highest BCUT2D eigenvalue weighted by Crippen LogP contribution is 2.55. The number of guanidine groups is 3. The van der Waals surface area contributed by atoms with Gasteiger partial charge in [-0.15, -0.1) is 0 Å². The zero-order valence-corrected chi connectivity index (χ0v) is 46.8. The zero-order valence-electron chi connectivity index (χ0n) is 46.1. The largest absolute Gasteiger partial charge is 0.489 e. The molecule has 3 saturated heterocycles. The number of likely N-dealkylation sites (N-methyl/N-ethyl adjacent to an activating group) is 3. The predicted molar refractivity (Wildman–Crippen MR) is 302 cm³/mol. The summed E-state index contributed by atoms with van der Waals surface area (Å²) in [7, 11) is 4.79. The van der Waals surface area contributed by atoms with E-state index >= 15 is 4.39 Å². The van der Waals surface area contributed by atoms with Gasteiger partial charge in [0.25, 0.3) is 17.7 Å². The smallest absolute Gasteiger partial charge is 0.262 e. The maximum Gasteiger partial charge on any atom is 0.262 e. The van der Waals surface area contributed by atoms with Gasteiger partial charge < -0.3 is 45.6 Å². The Morgan fingerprint density at radius 3 is 1.32 bits per heavy atom. The number of fused-ring (bicyclic) bond motifs is 12. The third-order valence-corrected chi connectivity index (χ3v) is 17.7. The first-order valence-electron chi connectivity index (χ1n) is 27.6. The monoisotopic (exact) mass is 1180 g/mol. The van der Waals surface area contributed by atoms with Gasteiger partial charge >= 0.3 is 0 Å². The highest BCUT2D eigenvalue weighted by Gasteiger charge is 2.63. The lowest BCUT2D eigenvalue weighted by Crippen LogP contribution is -2.56. The second kappa shape index (κ2) is 21.1. The molecule has 0 radical (unpaired) electrons. The Labute approximate surface area is 489 Å². The standard InChI is InChI=1S/C20H18ClFN4O3.2C20H19FN4O3/c1-26-18(27)20(25-19(26)23)13-5-12(10-4-11(21)8-24-7-10)15(22)6-17(13)29-16-2-3-28-9-14(16)20;2*1-25-18(26)20(24-19(25)22)13-9-11(12-3-2-7-23-17(12)21)4-5-15(13)28-16-6-8-27-10-14(16)20/h4-8,14,16H,2-3,9H2,1H3,(H2,23,25);2*2-5,7,9,14,16H,6,8,10H2,1H3,(H2,22,24)/t14-,16?,20-;14-,16?,20+;14-,16?,20-/m010/s1. The van der Waals surface area contributed by atoms with Gasteiger partial charge in [-0.1, -0.05) is 23.7 Å². The second-order valence-corrected chi connectivity index (χ2v) is 22.4. The van der Waals surface area contributed by atoms with E-state index in [0.717, 1.165) is 0 Å². The summed E-state index contributed by atoms with van der Waals surface area (Å²) < 4.78 is 79.0. The van der Waals surface area contributed by atoms with E-state index in [4.69, 9.17) is 57.2 Å². The molecule has 0 saturated carbocycles. The molecule has 0 bridgehead atoms. The Kier molecular flexibility index (Phi) is 13.8. The summed E-state index contributed by atoms with van der Waals surface area (Å²) in [5, 5.41) is 0.380. The van der Waals surface area contributed by atoms with Crippen molar-refractivity contribution >= 4 is 47.2 Å². The van der Waals surface area contributed by atoms with Gasteiger partial charge in [0.05, 0.1) is 62.4 Å². The molecule has 438 valence electrons. The van der Waals surface area contributed by atoms with E-state index < -0.39 is 34.3 Å². The minimum atomic E-state index is -1.31. The van der Waals surface area contributed by atoms with Crippen molar-refractivity contribution in [3.8, 4) is 50.6 Å². The fourth-order valence-corrected chi connectivity index (χ4v) is 13.4.